The molecule has 43 heavy (non-hydrogen) atoms. The number of anilines is 2. The first-order chi connectivity index (χ1) is 20.4. The van der Waals surface area contributed by atoms with Crippen LogP contribution in [-0.4, -0.2) is 73.6 Å². The minimum Gasteiger partial charge on any atom is -0.488 e. The summed E-state index contributed by atoms with van der Waals surface area (Å²) in [6, 6.07) is 14.9. The van der Waals surface area contributed by atoms with Crippen molar-refractivity contribution in [1.29, 1.82) is 0 Å². The van der Waals surface area contributed by atoms with Crippen LogP contribution in [0.25, 0.3) is 0 Å². The molecule has 4 rings (SSSR count). The van der Waals surface area contributed by atoms with Gasteiger partial charge in [-0.15, -0.1) is 0 Å². The fourth-order valence-electron chi connectivity index (χ4n) is 4.69. The largest absolute Gasteiger partial charge is 0.488 e. The van der Waals surface area contributed by atoms with E-state index in [1.807, 2.05) is 6.92 Å². The van der Waals surface area contributed by atoms with E-state index in [9.17, 15) is 27.5 Å². The number of halogens is 2. The number of rotatable bonds is 8. The number of benzene rings is 3. The first-order valence-electron chi connectivity index (χ1n) is 13.6. The second kappa shape index (κ2) is 13.7. The van der Waals surface area contributed by atoms with Crippen LogP contribution in [0.2, 0.25) is 5.02 Å². The van der Waals surface area contributed by atoms with Crippen molar-refractivity contribution in [2.24, 2.45) is 5.92 Å². The molecule has 1 heterocycles. The number of aliphatic hydroxyl groups excluding tert-OH is 1. The number of ether oxygens (including phenoxy) is 1. The van der Waals surface area contributed by atoms with E-state index in [2.05, 4.69) is 10.6 Å². The fourth-order valence-corrected chi connectivity index (χ4v) is 6.00. The Balaban J connectivity index is 1.61. The number of nitrogens with one attached hydrogen (secondary N) is 2. The Kier molecular flexibility index (Phi) is 10.3. The number of sulfonamides is 1. The van der Waals surface area contributed by atoms with E-state index >= 15 is 0 Å². The summed E-state index contributed by atoms with van der Waals surface area (Å²) in [5.74, 6) is -0.648. The van der Waals surface area contributed by atoms with E-state index in [1.165, 1.54) is 59.9 Å². The Labute approximate surface area is 255 Å². The standard InChI is InChI=1S/C30H34ClFN4O6S/c1-19-16-36(20(2)18-37)29(38)15-21-14-25(34-30(39)33-24-8-6-23(32)7-9-24)10-13-27(21)42-28(19)17-35(3)43(40,41)26-11-4-22(31)5-12-26/h4-14,19-20,28,37H,15-18H2,1-3H3,(H2,33,34,39)/t19-,20-,28-/m1/s1. The third-order valence-corrected chi connectivity index (χ3v) is 9.32. The van der Waals surface area contributed by atoms with Gasteiger partial charge in [0, 0.05) is 41.5 Å². The summed E-state index contributed by atoms with van der Waals surface area (Å²) in [7, 11) is -2.42. The van der Waals surface area contributed by atoms with E-state index in [0.29, 0.717) is 27.7 Å². The highest BCUT2D eigenvalue weighted by Crippen LogP contribution is 2.30. The van der Waals surface area contributed by atoms with Crippen LogP contribution in [-0.2, 0) is 21.2 Å². The Morgan fingerprint density at radius 1 is 1.12 bits per heavy atom. The predicted octanol–water partition coefficient (Wildman–Crippen LogP) is 4.59. The molecule has 3 N–H and O–H groups in total. The summed E-state index contributed by atoms with van der Waals surface area (Å²) in [4.78, 5) is 27.7. The Morgan fingerprint density at radius 2 is 1.74 bits per heavy atom. The number of carbonyl (C=O) groups excluding carboxylic acids is 2. The van der Waals surface area contributed by atoms with Crippen molar-refractivity contribution in [3.8, 4) is 5.75 Å². The molecular weight excluding hydrogens is 599 g/mol. The third-order valence-electron chi connectivity index (χ3n) is 7.24. The number of urea groups is 1. The van der Waals surface area contributed by atoms with Crippen LogP contribution in [0.1, 0.15) is 19.4 Å². The zero-order valence-electron chi connectivity index (χ0n) is 24.0. The fraction of sp³-hybridized carbons (Fsp3) is 0.333. The molecule has 0 radical (unpaired) electrons. The molecule has 10 nitrogen and oxygen atoms in total. The molecule has 230 valence electrons. The first kappa shape index (κ1) is 32.2. The van der Waals surface area contributed by atoms with Crippen LogP contribution in [0.4, 0.5) is 20.6 Å². The van der Waals surface area contributed by atoms with Gasteiger partial charge in [0.25, 0.3) is 0 Å². The molecule has 0 unspecified atom stereocenters. The van der Waals surface area contributed by atoms with Crippen molar-refractivity contribution >= 4 is 44.9 Å². The van der Waals surface area contributed by atoms with Crippen LogP contribution in [0.3, 0.4) is 0 Å². The smallest absolute Gasteiger partial charge is 0.323 e. The number of likely N-dealkylation sites (N-methyl/N-ethyl adjacent to an activating group) is 1. The third kappa shape index (κ3) is 8.02. The Morgan fingerprint density at radius 3 is 2.40 bits per heavy atom. The maximum absolute atomic E-state index is 13.4. The van der Waals surface area contributed by atoms with Gasteiger partial charge in [0.2, 0.25) is 15.9 Å². The summed E-state index contributed by atoms with van der Waals surface area (Å²) >= 11 is 5.94. The van der Waals surface area contributed by atoms with E-state index < -0.39 is 34.0 Å². The molecule has 3 atom stereocenters. The van der Waals surface area contributed by atoms with Crippen molar-refractivity contribution < 1.29 is 32.2 Å². The lowest BCUT2D eigenvalue weighted by atomic mass is 10.0. The minimum absolute atomic E-state index is 0.0266. The van der Waals surface area contributed by atoms with Gasteiger partial charge in [-0.3, -0.25) is 4.79 Å². The van der Waals surface area contributed by atoms with E-state index in [4.69, 9.17) is 16.3 Å². The van der Waals surface area contributed by atoms with Gasteiger partial charge in [-0.2, -0.15) is 4.31 Å². The lowest BCUT2D eigenvalue weighted by Gasteiger charge is -2.33. The molecule has 0 saturated carbocycles. The number of amides is 3. The molecule has 3 aromatic rings. The number of hydrogen-bond acceptors (Lipinski definition) is 6. The zero-order valence-corrected chi connectivity index (χ0v) is 25.5. The average molecular weight is 633 g/mol. The van der Waals surface area contributed by atoms with Gasteiger partial charge in [0.15, 0.2) is 0 Å². The summed E-state index contributed by atoms with van der Waals surface area (Å²) in [6.45, 7) is 3.53. The maximum Gasteiger partial charge on any atom is 0.323 e. The number of nitrogens with zero attached hydrogens (tertiary/aromatic N) is 2. The van der Waals surface area contributed by atoms with Gasteiger partial charge in [0.05, 0.1) is 30.5 Å². The zero-order chi connectivity index (χ0) is 31.3. The highest BCUT2D eigenvalue weighted by atomic mass is 35.5. The average Bonchev–Trinajstić information content (AvgIpc) is 3.01. The van der Waals surface area contributed by atoms with E-state index in [0.717, 1.165) is 0 Å². The van der Waals surface area contributed by atoms with Gasteiger partial charge >= 0.3 is 6.03 Å². The topological polar surface area (TPSA) is 128 Å². The summed E-state index contributed by atoms with van der Waals surface area (Å²) in [5, 5.41) is 15.6. The highest BCUT2D eigenvalue weighted by Gasteiger charge is 2.33. The van der Waals surface area contributed by atoms with Crippen molar-refractivity contribution in [2.75, 3.05) is 37.4 Å². The highest BCUT2D eigenvalue weighted by molar-refractivity contribution is 7.89. The Bertz CT molecular complexity index is 1560. The van der Waals surface area contributed by atoms with Crippen LogP contribution in [0, 0.1) is 11.7 Å². The van der Waals surface area contributed by atoms with Crippen LogP contribution < -0.4 is 15.4 Å². The summed E-state index contributed by atoms with van der Waals surface area (Å²) < 4.78 is 47.4. The van der Waals surface area contributed by atoms with E-state index in [1.54, 1.807) is 30.0 Å². The van der Waals surface area contributed by atoms with Crippen LogP contribution in [0.5, 0.6) is 5.75 Å². The molecule has 0 fully saturated rings. The molecule has 13 heteroatoms. The lowest BCUT2D eigenvalue weighted by Crippen LogP contribution is -2.48. The van der Waals surface area contributed by atoms with Gasteiger partial charge in [-0.05, 0) is 73.7 Å². The lowest BCUT2D eigenvalue weighted by molar-refractivity contribution is -0.134. The number of hydrogen-bond donors (Lipinski definition) is 3. The van der Waals surface area contributed by atoms with Crippen LogP contribution >= 0.6 is 11.6 Å². The summed E-state index contributed by atoms with van der Waals surface area (Å²) in [5.41, 5.74) is 1.24. The van der Waals surface area contributed by atoms with Gasteiger partial charge < -0.3 is 25.4 Å². The van der Waals surface area contributed by atoms with Crippen molar-refractivity contribution in [1.82, 2.24) is 9.21 Å². The molecular formula is C30H34ClFN4O6S. The predicted molar refractivity (Wildman–Crippen MR) is 162 cm³/mol. The number of carbonyl (C=O) groups is 2. The maximum atomic E-state index is 13.4. The first-order valence-corrected chi connectivity index (χ1v) is 15.4. The quantitative estimate of drug-likeness (QED) is 0.333. The molecule has 0 spiro atoms. The molecule has 1 aliphatic rings. The van der Waals surface area contributed by atoms with Gasteiger partial charge in [0.1, 0.15) is 17.7 Å². The molecule has 0 bridgehead atoms. The minimum atomic E-state index is -3.88. The second-order valence-electron chi connectivity index (χ2n) is 10.5. The van der Waals surface area contributed by atoms with Gasteiger partial charge in [-0.1, -0.05) is 18.5 Å². The van der Waals surface area contributed by atoms with Crippen molar-refractivity contribution in [3.05, 3.63) is 83.1 Å². The molecule has 0 saturated heterocycles. The van der Waals surface area contributed by atoms with Crippen LogP contribution in [0.15, 0.2) is 71.6 Å². The summed E-state index contributed by atoms with van der Waals surface area (Å²) in [6.07, 6.45) is -0.752. The molecule has 1 aliphatic heterocycles. The van der Waals surface area contributed by atoms with Crippen molar-refractivity contribution in [3.63, 3.8) is 0 Å². The SMILES string of the molecule is C[C@@H]1CN([C@H](C)CO)C(=O)Cc2cc(NC(=O)Nc3ccc(F)cc3)ccc2O[C@@H]1CN(C)S(=O)(=O)c1ccc(Cl)cc1. The van der Waals surface area contributed by atoms with E-state index in [-0.39, 0.29) is 42.8 Å². The monoisotopic (exact) mass is 632 g/mol. The molecule has 0 aliphatic carbocycles. The normalized spacial score (nSPS) is 18.1. The Hall–Kier alpha value is -3.71. The number of fused-ring (bicyclic) bond motifs is 1. The molecule has 0 aromatic heterocycles. The van der Waals surface area contributed by atoms with Crippen molar-refractivity contribution in [2.45, 2.75) is 37.3 Å². The molecule has 3 amide bonds. The van der Waals surface area contributed by atoms with Gasteiger partial charge in [-0.25, -0.2) is 17.6 Å². The second-order valence-corrected chi connectivity index (χ2v) is 13.0. The molecule has 3 aromatic carbocycles. The number of aliphatic hydroxyl groups is 1.